The van der Waals surface area contributed by atoms with E-state index in [1.165, 1.54) is 4.90 Å². The Morgan fingerprint density at radius 3 is 2.42 bits per heavy atom. The maximum Gasteiger partial charge on any atom is 0.315 e. The zero-order valence-electron chi connectivity index (χ0n) is 11.7. The second-order valence-electron chi connectivity index (χ2n) is 4.51. The lowest BCUT2D eigenvalue weighted by molar-refractivity contribution is -0.137. The highest BCUT2D eigenvalue weighted by Crippen LogP contribution is 2.03. The molecule has 3 amide bonds. The van der Waals surface area contributed by atoms with Crippen LogP contribution >= 0.6 is 0 Å². The van der Waals surface area contributed by atoms with Crippen molar-refractivity contribution in [3.63, 3.8) is 0 Å². The van der Waals surface area contributed by atoms with Gasteiger partial charge in [0.1, 0.15) is 0 Å². The zero-order valence-corrected chi connectivity index (χ0v) is 11.7. The molecule has 0 rings (SSSR count). The van der Waals surface area contributed by atoms with Gasteiger partial charge in [0.05, 0.1) is 6.54 Å². The summed E-state index contributed by atoms with van der Waals surface area (Å²) in [5.74, 6) is -0.919. The van der Waals surface area contributed by atoms with Gasteiger partial charge in [-0.15, -0.1) is 0 Å². The number of aliphatic carboxylic acids is 1. The van der Waals surface area contributed by atoms with E-state index in [-0.39, 0.29) is 24.8 Å². The first-order chi connectivity index (χ1) is 8.86. The van der Waals surface area contributed by atoms with Crippen molar-refractivity contribution in [2.45, 2.75) is 26.7 Å². The Hall–Kier alpha value is -1.79. The number of amides is 3. The number of likely N-dealkylation sites (N-methyl/N-ethyl adjacent to an activating group) is 1. The van der Waals surface area contributed by atoms with Crippen molar-refractivity contribution >= 4 is 17.9 Å². The van der Waals surface area contributed by atoms with E-state index in [9.17, 15) is 14.4 Å². The highest BCUT2D eigenvalue weighted by molar-refractivity contribution is 5.83. The third kappa shape index (κ3) is 8.87. The van der Waals surface area contributed by atoms with Crippen LogP contribution in [0.25, 0.3) is 0 Å². The number of carbonyl (C=O) groups excluding carboxylic acids is 2. The predicted molar refractivity (Wildman–Crippen MR) is 70.7 cm³/mol. The normalized spacial score (nSPS) is 11.5. The number of urea groups is 1. The molecule has 0 aliphatic heterocycles. The summed E-state index contributed by atoms with van der Waals surface area (Å²) in [5, 5.41) is 13.6. The minimum Gasteiger partial charge on any atom is -0.481 e. The predicted octanol–water partition coefficient (Wildman–Crippen LogP) is 0.265. The smallest absolute Gasteiger partial charge is 0.315 e. The van der Waals surface area contributed by atoms with E-state index < -0.39 is 12.0 Å². The van der Waals surface area contributed by atoms with Crippen molar-refractivity contribution < 1.29 is 19.5 Å². The van der Waals surface area contributed by atoms with Gasteiger partial charge in [-0.1, -0.05) is 6.92 Å². The lowest BCUT2D eigenvalue weighted by Crippen LogP contribution is -2.43. The number of carboxylic acids is 1. The van der Waals surface area contributed by atoms with E-state index in [1.54, 1.807) is 7.05 Å². The summed E-state index contributed by atoms with van der Waals surface area (Å²) in [6.07, 6.45) is 0.595. The van der Waals surface area contributed by atoms with Gasteiger partial charge >= 0.3 is 12.0 Å². The van der Waals surface area contributed by atoms with Crippen molar-refractivity contribution in [1.29, 1.82) is 0 Å². The Morgan fingerprint density at radius 2 is 1.89 bits per heavy atom. The Bertz CT molecular complexity index is 320. The molecule has 110 valence electrons. The molecule has 7 nitrogen and oxygen atoms in total. The molecule has 0 fully saturated rings. The number of hydrogen-bond acceptors (Lipinski definition) is 3. The highest BCUT2D eigenvalue weighted by atomic mass is 16.4. The molecule has 0 aromatic rings. The number of nitrogens with one attached hydrogen (secondary N) is 2. The molecule has 0 saturated heterocycles. The Morgan fingerprint density at radius 1 is 1.26 bits per heavy atom. The van der Waals surface area contributed by atoms with Gasteiger partial charge in [0.2, 0.25) is 5.91 Å². The van der Waals surface area contributed by atoms with Crippen LogP contribution in [0.3, 0.4) is 0 Å². The van der Waals surface area contributed by atoms with Crippen molar-refractivity contribution in [3.8, 4) is 0 Å². The van der Waals surface area contributed by atoms with Crippen LogP contribution < -0.4 is 10.6 Å². The summed E-state index contributed by atoms with van der Waals surface area (Å²) in [6.45, 7) is 4.65. The van der Waals surface area contributed by atoms with E-state index in [0.717, 1.165) is 0 Å². The summed E-state index contributed by atoms with van der Waals surface area (Å²) in [4.78, 5) is 34.7. The number of carbonyl (C=O) groups is 3. The van der Waals surface area contributed by atoms with Crippen molar-refractivity contribution in [2.24, 2.45) is 5.92 Å². The van der Waals surface area contributed by atoms with Crippen molar-refractivity contribution in [2.75, 3.05) is 26.7 Å². The minimum absolute atomic E-state index is 0.0420. The van der Waals surface area contributed by atoms with Gasteiger partial charge in [0, 0.05) is 26.6 Å². The first-order valence-corrected chi connectivity index (χ1v) is 6.34. The monoisotopic (exact) mass is 273 g/mol. The largest absolute Gasteiger partial charge is 0.481 e. The second-order valence-corrected chi connectivity index (χ2v) is 4.51. The van der Waals surface area contributed by atoms with Crippen molar-refractivity contribution in [1.82, 2.24) is 15.5 Å². The fraction of sp³-hybridized carbons (Fsp3) is 0.750. The summed E-state index contributed by atoms with van der Waals surface area (Å²) in [5.41, 5.74) is 0. The average Bonchev–Trinajstić information content (AvgIpc) is 2.38. The molecule has 3 N–H and O–H groups in total. The molecular formula is C12H23N3O4. The third-order valence-electron chi connectivity index (χ3n) is 2.76. The van der Waals surface area contributed by atoms with Crippen LogP contribution in [0.15, 0.2) is 0 Å². The van der Waals surface area contributed by atoms with E-state index >= 15 is 0 Å². The summed E-state index contributed by atoms with van der Waals surface area (Å²) < 4.78 is 0. The summed E-state index contributed by atoms with van der Waals surface area (Å²) in [6, 6.07) is -0.417. The molecule has 0 radical (unpaired) electrons. The fourth-order valence-electron chi connectivity index (χ4n) is 1.27. The molecule has 19 heavy (non-hydrogen) atoms. The molecule has 0 aliphatic rings. The van der Waals surface area contributed by atoms with Gasteiger partial charge in [-0.2, -0.15) is 0 Å². The van der Waals surface area contributed by atoms with E-state index in [4.69, 9.17) is 5.11 Å². The van der Waals surface area contributed by atoms with Crippen LogP contribution in [0.4, 0.5) is 4.79 Å². The van der Waals surface area contributed by atoms with Gasteiger partial charge in [-0.25, -0.2) is 4.79 Å². The SMILES string of the molecule is CCN(C)C(=O)CNC(=O)NCC(C)CCC(=O)O. The summed E-state index contributed by atoms with van der Waals surface area (Å²) in [7, 11) is 1.66. The van der Waals surface area contributed by atoms with Gasteiger partial charge in [-0.05, 0) is 19.3 Å². The fourth-order valence-corrected chi connectivity index (χ4v) is 1.27. The van der Waals surface area contributed by atoms with Crippen LogP contribution in [0.2, 0.25) is 0 Å². The van der Waals surface area contributed by atoms with E-state index in [1.807, 2.05) is 13.8 Å². The zero-order chi connectivity index (χ0) is 14.8. The van der Waals surface area contributed by atoms with Crippen LogP contribution in [0, 0.1) is 5.92 Å². The number of carboxylic acid groups (broad SMARTS) is 1. The van der Waals surface area contributed by atoms with Gasteiger partial charge in [-0.3, -0.25) is 9.59 Å². The van der Waals surface area contributed by atoms with Gasteiger partial charge < -0.3 is 20.6 Å². The molecular weight excluding hydrogens is 250 g/mol. The van der Waals surface area contributed by atoms with E-state index in [2.05, 4.69) is 10.6 Å². The minimum atomic E-state index is -0.843. The first kappa shape index (κ1) is 17.2. The molecule has 1 unspecified atom stereocenters. The van der Waals surface area contributed by atoms with Crippen LogP contribution in [0.5, 0.6) is 0 Å². The quantitative estimate of drug-likeness (QED) is 0.591. The standard InChI is InChI=1S/C12H23N3O4/c1-4-15(3)10(16)8-14-12(19)13-7-9(2)5-6-11(17)18/h9H,4-8H2,1-3H3,(H,17,18)(H2,13,14,19). The Kier molecular flexibility index (Phi) is 8.32. The maximum absolute atomic E-state index is 11.4. The molecule has 0 aromatic carbocycles. The lowest BCUT2D eigenvalue weighted by Gasteiger charge is -2.16. The number of hydrogen-bond donors (Lipinski definition) is 3. The van der Waals surface area contributed by atoms with Crippen LogP contribution in [-0.2, 0) is 9.59 Å². The molecule has 0 saturated carbocycles. The molecule has 0 heterocycles. The lowest BCUT2D eigenvalue weighted by atomic mass is 10.1. The summed E-state index contributed by atoms with van der Waals surface area (Å²) >= 11 is 0. The van der Waals surface area contributed by atoms with Crippen molar-refractivity contribution in [3.05, 3.63) is 0 Å². The van der Waals surface area contributed by atoms with Gasteiger partial charge in [0.15, 0.2) is 0 Å². The third-order valence-corrected chi connectivity index (χ3v) is 2.76. The number of nitrogens with zero attached hydrogens (tertiary/aromatic N) is 1. The molecule has 7 heteroatoms. The van der Waals surface area contributed by atoms with Crippen LogP contribution in [0.1, 0.15) is 26.7 Å². The maximum atomic E-state index is 11.4. The second kappa shape index (κ2) is 9.18. The van der Waals surface area contributed by atoms with E-state index in [0.29, 0.717) is 19.5 Å². The Labute approximate surface area is 113 Å². The molecule has 1 atom stereocenters. The van der Waals surface area contributed by atoms with Crippen LogP contribution in [-0.4, -0.2) is 54.6 Å². The highest BCUT2D eigenvalue weighted by Gasteiger charge is 2.10. The Balaban J connectivity index is 3.75. The average molecular weight is 273 g/mol. The topological polar surface area (TPSA) is 98.7 Å². The first-order valence-electron chi connectivity index (χ1n) is 6.34. The molecule has 0 spiro atoms. The molecule has 0 aliphatic carbocycles. The van der Waals surface area contributed by atoms with Gasteiger partial charge in [0.25, 0.3) is 0 Å². The molecule has 0 bridgehead atoms. The number of rotatable bonds is 8. The molecule has 0 aromatic heterocycles.